The van der Waals surface area contributed by atoms with Crippen molar-refractivity contribution in [3.8, 4) is 0 Å². The standard InChI is InChI=1S/C5H10O2.C4H10N2/c1-2-3-4-5(6)7;1-2-6-4-3-5-1/h2-4H2,1H3,(H,6,7);5-6H,1-4H2. The fourth-order valence-electron chi connectivity index (χ4n) is 0.932. The van der Waals surface area contributed by atoms with E-state index in [0.717, 1.165) is 39.0 Å². The first-order valence-electron chi connectivity index (χ1n) is 4.90. The molecule has 13 heavy (non-hydrogen) atoms. The lowest BCUT2D eigenvalue weighted by atomic mass is 10.3. The van der Waals surface area contributed by atoms with Gasteiger partial charge in [-0.25, -0.2) is 0 Å². The highest BCUT2D eigenvalue weighted by molar-refractivity contribution is 5.66. The summed E-state index contributed by atoms with van der Waals surface area (Å²) in [5.74, 6) is -0.693. The Balaban J connectivity index is 0.000000223. The third kappa shape index (κ3) is 11.4. The number of unbranched alkanes of at least 4 members (excludes halogenated alkanes) is 1. The van der Waals surface area contributed by atoms with Crippen molar-refractivity contribution in [2.75, 3.05) is 26.2 Å². The Bertz CT molecular complexity index is 113. The van der Waals surface area contributed by atoms with Crippen LogP contribution >= 0.6 is 0 Å². The Morgan fingerprint density at radius 2 is 1.69 bits per heavy atom. The molecule has 1 heterocycles. The third-order valence-corrected chi connectivity index (χ3v) is 1.70. The van der Waals surface area contributed by atoms with Crippen LogP contribution < -0.4 is 10.6 Å². The average Bonchev–Trinajstić information content (AvgIpc) is 2.18. The largest absolute Gasteiger partial charge is 0.481 e. The van der Waals surface area contributed by atoms with Gasteiger partial charge in [-0.15, -0.1) is 0 Å². The van der Waals surface area contributed by atoms with Crippen LogP contribution in [0.5, 0.6) is 0 Å². The van der Waals surface area contributed by atoms with Gasteiger partial charge in [0.25, 0.3) is 0 Å². The molecule has 0 aromatic rings. The molecule has 0 atom stereocenters. The molecule has 3 N–H and O–H groups in total. The van der Waals surface area contributed by atoms with E-state index in [4.69, 9.17) is 5.11 Å². The van der Waals surface area contributed by atoms with Gasteiger partial charge in [-0.1, -0.05) is 13.3 Å². The number of hydrogen-bond donors (Lipinski definition) is 3. The molecule has 0 amide bonds. The SMILES string of the molecule is C1CNCCN1.CCCCC(=O)O. The van der Waals surface area contributed by atoms with Gasteiger partial charge in [0.15, 0.2) is 0 Å². The summed E-state index contributed by atoms with van der Waals surface area (Å²) in [6, 6.07) is 0. The van der Waals surface area contributed by atoms with Gasteiger partial charge in [0.2, 0.25) is 0 Å². The van der Waals surface area contributed by atoms with Crippen LogP contribution in [0.25, 0.3) is 0 Å². The van der Waals surface area contributed by atoms with Gasteiger partial charge >= 0.3 is 5.97 Å². The molecule has 0 unspecified atom stereocenters. The molecule has 0 saturated carbocycles. The highest BCUT2D eigenvalue weighted by Crippen LogP contribution is 1.91. The van der Waals surface area contributed by atoms with E-state index >= 15 is 0 Å². The molecule has 0 aliphatic carbocycles. The first kappa shape index (κ1) is 12.4. The monoisotopic (exact) mass is 188 g/mol. The van der Waals surface area contributed by atoms with E-state index in [1.54, 1.807) is 0 Å². The number of hydrogen-bond acceptors (Lipinski definition) is 3. The average molecular weight is 188 g/mol. The second kappa shape index (κ2) is 9.48. The fraction of sp³-hybridized carbons (Fsp3) is 0.889. The molecule has 0 radical (unpaired) electrons. The number of aliphatic carboxylic acids is 1. The predicted octanol–water partition coefficient (Wildman–Crippen LogP) is 0.440. The van der Waals surface area contributed by atoms with Crippen molar-refractivity contribution < 1.29 is 9.90 Å². The lowest BCUT2D eigenvalue weighted by molar-refractivity contribution is -0.137. The molecule has 1 saturated heterocycles. The van der Waals surface area contributed by atoms with Crippen LogP contribution in [0.15, 0.2) is 0 Å². The van der Waals surface area contributed by atoms with Crippen molar-refractivity contribution in [1.82, 2.24) is 10.6 Å². The molecule has 0 bridgehead atoms. The molecule has 1 aliphatic rings. The van der Waals surface area contributed by atoms with Gasteiger partial charge in [-0.2, -0.15) is 0 Å². The van der Waals surface area contributed by atoms with Crippen molar-refractivity contribution in [2.24, 2.45) is 0 Å². The highest BCUT2D eigenvalue weighted by atomic mass is 16.4. The summed E-state index contributed by atoms with van der Waals surface area (Å²) >= 11 is 0. The van der Waals surface area contributed by atoms with E-state index in [0.29, 0.717) is 6.42 Å². The summed E-state index contributed by atoms with van der Waals surface area (Å²) in [6.07, 6.45) is 2.08. The Morgan fingerprint density at radius 3 is 1.85 bits per heavy atom. The molecule has 0 aromatic carbocycles. The summed E-state index contributed by atoms with van der Waals surface area (Å²) < 4.78 is 0. The second-order valence-electron chi connectivity index (χ2n) is 3.00. The van der Waals surface area contributed by atoms with E-state index in [9.17, 15) is 4.79 Å². The summed E-state index contributed by atoms with van der Waals surface area (Å²) in [7, 11) is 0. The maximum absolute atomic E-state index is 9.76. The molecule has 1 fully saturated rings. The molecule has 0 spiro atoms. The maximum atomic E-state index is 9.76. The van der Waals surface area contributed by atoms with Crippen molar-refractivity contribution in [2.45, 2.75) is 26.2 Å². The Labute approximate surface area is 79.7 Å². The fourth-order valence-corrected chi connectivity index (χ4v) is 0.932. The van der Waals surface area contributed by atoms with Gasteiger partial charge in [0.1, 0.15) is 0 Å². The van der Waals surface area contributed by atoms with E-state index < -0.39 is 5.97 Å². The van der Waals surface area contributed by atoms with Crippen LogP contribution in [-0.4, -0.2) is 37.3 Å². The minimum Gasteiger partial charge on any atom is -0.481 e. The van der Waals surface area contributed by atoms with Crippen molar-refractivity contribution >= 4 is 5.97 Å². The summed E-state index contributed by atoms with van der Waals surface area (Å²) in [5.41, 5.74) is 0. The Kier molecular flexibility index (Phi) is 9.03. The maximum Gasteiger partial charge on any atom is 0.303 e. The minimum absolute atomic E-state index is 0.316. The van der Waals surface area contributed by atoms with E-state index in [1.807, 2.05) is 6.92 Å². The summed E-state index contributed by atoms with van der Waals surface area (Å²) in [6.45, 7) is 6.53. The second-order valence-corrected chi connectivity index (χ2v) is 3.00. The van der Waals surface area contributed by atoms with Crippen LogP contribution in [0.1, 0.15) is 26.2 Å². The van der Waals surface area contributed by atoms with E-state index in [2.05, 4.69) is 10.6 Å². The number of carboxylic acids is 1. The van der Waals surface area contributed by atoms with E-state index in [-0.39, 0.29) is 0 Å². The van der Waals surface area contributed by atoms with Crippen molar-refractivity contribution in [3.63, 3.8) is 0 Å². The lowest BCUT2D eigenvalue weighted by Gasteiger charge is -2.11. The minimum atomic E-state index is -0.693. The predicted molar refractivity (Wildman–Crippen MR) is 52.9 cm³/mol. The van der Waals surface area contributed by atoms with Gasteiger partial charge in [0, 0.05) is 32.6 Å². The molecule has 4 nitrogen and oxygen atoms in total. The van der Waals surface area contributed by atoms with Crippen LogP contribution in [0.3, 0.4) is 0 Å². The molecule has 1 rings (SSSR count). The zero-order valence-corrected chi connectivity index (χ0v) is 8.31. The van der Waals surface area contributed by atoms with Crippen molar-refractivity contribution in [1.29, 1.82) is 0 Å². The number of piperazine rings is 1. The van der Waals surface area contributed by atoms with Crippen molar-refractivity contribution in [3.05, 3.63) is 0 Å². The summed E-state index contributed by atoms with van der Waals surface area (Å²) in [4.78, 5) is 9.76. The lowest BCUT2D eigenvalue weighted by Crippen LogP contribution is -2.39. The zero-order chi connectivity index (χ0) is 9.94. The van der Waals surface area contributed by atoms with Crippen LogP contribution in [0.4, 0.5) is 0 Å². The molecule has 0 aromatic heterocycles. The third-order valence-electron chi connectivity index (χ3n) is 1.70. The first-order chi connectivity index (χ1) is 6.27. The molecule has 1 aliphatic heterocycles. The van der Waals surface area contributed by atoms with Gasteiger partial charge < -0.3 is 15.7 Å². The number of nitrogens with one attached hydrogen (secondary N) is 2. The normalized spacial score (nSPS) is 15.8. The smallest absolute Gasteiger partial charge is 0.303 e. The number of carboxylic acid groups (broad SMARTS) is 1. The summed E-state index contributed by atoms with van der Waals surface area (Å²) in [5, 5.41) is 14.5. The molecule has 4 heteroatoms. The molecular formula is C9H20N2O2. The van der Waals surface area contributed by atoms with Gasteiger partial charge in [0.05, 0.1) is 0 Å². The van der Waals surface area contributed by atoms with Gasteiger partial charge in [-0.3, -0.25) is 4.79 Å². The number of rotatable bonds is 3. The van der Waals surface area contributed by atoms with Crippen LogP contribution in [0, 0.1) is 0 Å². The zero-order valence-electron chi connectivity index (χ0n) is 8.31. The highest BCUT2D eigenvalue weighted by Gasteiger charge is 1.91. The molecule has 78 valence electrons. The van der Waals surface area contributed by atoms with Crippen LogP contribution in [-0.2, 0) is 4.79 Å². The first-order valence-corrected chi connectivity index (χ1v) is 4.90. The Morgan fingerprint density at radius 1 is 1.23 bits per heavy atom. The van der Waals surface area contributed by atoms with Gasteiger partial charge in [-0.05, 0) is 6.42 Å². The van der Waals surface area contributed by atoms with Crippen LogP contribution in [0.2, 0.25) is 0 Å². The quantitative estimate of drug-likeness (QED) is 0.601. The van der Waals surface area contributed by atoms with E-state index in [1.165, 1.54) is 0 Å². The Hall–Kier alpha value is -0.610. The topological polar surface area (TPSA) is 61.4 Å². The molecular weight excluding hydrogens is 168 g/mol. The number of carbonyl (C=O) groups is 1.